The van der Waals surface area contributed by atoms with Crippen LogP contribution in [0.25, 0.3) is 0 Å². The van der Waals surface area contributed by atoms with Crippen molar-refractivity contribution >= 4 is 17.7 Å². The van der Waals surface area contributed by atoms with Crippen molar-refractivity contribution in [3.05, 3.63) is 59.2 Å². The quantitative estimate of drug-likeness (QED) is 0.134. The molecule has 0 fully saturated rings. The molecule has 3 rings (SSSR count). The van der Waals surface area contributed by atoms with Crippen LogP contribution in [-0.4, -0.2) is 65.4 Å². The maximum absolute atomic E-state index is 13.5. The molecule has 0 saturated heterocycles. The second-order valence-electron chi connectivity index (χ2n) is 10.9. The SMILES string of the molecule is CCOc1c(OC)cc(C(=O)Oc2ccc(C(=O)C(N)C(C)(C)C)cc2OC(=O)c2cc(OC)c(OCC)c(OC)c2)cc1OC. The Morgan fingerprint density at radius 2 is 0.978 bits per heavy atom. The molecule has 12 heteroatoms. The first-order chi connectivity index (χ1) is 21.8. The number of nitrogens with two attached hydrogens (primary N) is 1. The van der Waals surface area contributed by atoms with Crippen molar-refractivity contribution in [1.82, 2.24) is 0 Å². The first kappa shape index (κ1) is 35.5. The molecule has 0 saturated carbocycles. The van der Waals surface area contributed by atoms with Crippen molar-refractivity contribution in [3.63, 3.8) is 0 Å². The molecule has 0 radical (unpaired) electrons. The summed E-state index contributed by atoms with van der Waals surface area (Å²) in [5.74, 6) is -0.840. The summed E-state index contributed by atoms with van der Waals surface area (Å²) in [5.41, 5.74) is 5.93. The fourth-order valence-corrected chi connectivity index (χ4v) is 4.28. The highest BCUT2D eigenvalue weighted by Crippen LogP contribution is 2.41. The molecule has 2 N–H and O–H groups in total. The van der Waals surface area contributed by atoms with E-state index in [1.807, 2.05) is 20.8 Å². The predicted octanol–water partition coefficient (Wildman–Crippen LogP) is 5.51. The monoisotopic (exact) mass is 639 g/mol. The third kappa shape index (κ3) is 7.99. The van der Waals surface area contributed by atoms with E-state index in [0.29, 0.717) is 24.7 Å². The number of rotatable bonds is 14. The molecule has 0 bridgehead atoms. The highest BCUT2D eigenvalue weighted by Gasteiger charge is 2.30. The number of hydrogen-bond donors (Lipinski definition) is 1. The molecule has 0 aliphatic carbocycles. The van der Waals surface area contributed by atoms with Gasteiger partial charge in [0, 0.05) is 5.56 Å². The van der Waals surface area contributed by atoms with Gasteiger partial charge in [-0.2, -0.15) is 0 Å². The van der Waals surface area contributed by atoms with Gasteiger partial charge in [-0.05, 0) is 61.7 Å². The van der Waals surface area contributed by atoms with Crippen LogP contribution >= 0.6 is 0 Å². The van der Waals surface area contributed by atoms with Crippen LogP contribution in [0.5, 0.6) is 46.0 Å². The minimum atomic E-state index is -0.868. The summed E-state index contributed by atoms with van der Waals surface area (Å²) in [6, 6.07) is 8.93. The predicted molar refractivity (Wildman–Crippen MR) is 170 cm³/mol. The second kappa shape index (κ2) is 15.3. The molecule has 3 aromatic rings. The fraction of sp³-hybridized carbons (Fsp3) is 0.382. The molecule has 3 aromatic carbocycles. The molecule has 46 heavy (non-hydrogen) atoms. The van der Waals surface area contributed by atoms with Crippen LogP contribution in [0.1, 0.15) is 65.7 Å². The number of benzene rings is 3. The Balaban J connectivity index is 2.08. The fourth-order valence-electron chi connectivity index (χ4n) is 4.28. The van der Waals surface area contributed by atoms with Gasteiger partial charge in [0.05, 0.1) is 58.8 Å². The van der Waals surface area contributed by atoms with E-state index < -0.39 is 29.2 Å². The third-order valence-corrected chi connectivity index (χ3v) is 6.82. The Bertz CT molecular complexity index is 1530. The van der Waals surface area contributed by atoms with Crippen molar-refractivity contribution < 1.29 is 52.3 Å². The number of carbonyl (C=O) groups is 3. The van der Waals surface area contributed by atoms with Crippen molar-refractivity contribution in [3.8, 4) is 46.0 Å². The van der Waals surface area contributed by atoms with E-state index in [9.17, 15) is 14.4 Å². The first-order valence-corrected chi connectivity index (χ1v) is 14.5. The van der Waals surface area contributed by atoms with E-state index in [-0.39, 0.29) is 51.2 Å². The van der Waals surface area contributed by atoms with E-state index in [1.54, 1.807) is 13.8 Å². The Labute approximate surface area is 268 Å². The van der Waals surface area contributed by atoms with Crippen molar-refractivity contribution in [1.29, 1.82) is 0 Å². The highest BCUT2D eigenvalue weighted by atomic mass is 16.6. The zero-order valence-electron chi connectivity index (χ0n) is 27.6. The number of ether oxygens (including phenoxy) is 8. The summed E-state index contributed by atoms with van der Waals surface area (Å²) in [5, 5.41) is 0. The smallest absolute Gasteiger partial charge is 0.343 e. The number of Topliss-reactive ketones (excluding diaryl/α,β-unsaturated/α-hetero) is 1. The minimum Gasteiger partial charge on any atom is -0.493 e. The van der Waals surface area contributed by atoms with Crippen molar-refractivity contribution in [2.24, 2.45) is 11.1 Å². The average molecular weight is 640 g/mol. The number of esters is 2. The molecular weight excluding hydrogens is 598 g/mol. The van der Waals surface area contributed by atoms with Crippen LogP contribution in [0, 0.1) is 5.41 Å². The lowest BCUT2D eigenvalue weighted by Gasteiger charge is -2.26. The summed E-state index contributed by atoms with van der Waals surface area (Å²) in [6.45, 7) is 9.75. The second-order valence-corrected chi connectivity index (χ2v) is 10.9. The third-order valence-electron chi connectivity index (χ3n) is 6.82. The summed E-state index contributed by atoms with van der Waals surface area (Å²) < 4.78 is 44.3. The largest absolute Gasteiger partial charge is 0.493 e. The van der Waals surface area contributed by atoms with E-state index in [0.717, 1.165) is 0 Å². The summed E-state index contributed by atoms with van der Waals surface area (Å²) in [4.78, 5) is 40.2. The van der Waals surface area contributed by atoms with Crippen molar-refractivity contribution in [2.75, 3.05) is 41.7 Å². The Kier molecular flexibility index (Phi) is 11.8. The van der Waals surface area contributed by atoms with E-state index >= 15 is 0 Å². The molecular formula is C34H41NO11. The maximum Gasteiger partial charge on any atom is 0.343 e. The van der Waals surface area contributed by atoms with Gasteiger partial charge in [0.25, 0.3) is 0 Å². The molecule has 0 aromatic heterocycles. The summed E-state index contributed by atoms with van der Waals surface area (Å²) in [7, 11) is 5.69. The van der Waals surface area contributed by atoms with E-state index in [4.69, 9.17) is 43.6 Å². The van der Waals surface area contributed by atoms with Crippen LogP contribution in [0.3, 0.4) is 0 Å². The minimum absolute atomic E-state index is 0.0403. The van der Waals surface area contributed by atoms with Gasteiger partial charge in [-0.1, -0.05) is 20.8 Å². The van der Waals surface area contributed by atoms with Crippen LogP contribution in [0.2, 0.25) is 0 Å². The lowest BCUT2D eigenvalue weighted by Crippen LogP contribution is -2.42. The molecule has 1 unspecified atom stereocenters. The molecule has 0 heterocycles. The van der Waals surface area contributed by atoms with E-state index in [2.05, 4.69) is 0 Å². The Morgan fingerprint density at radius 1 is 0.609 bits per heavy atom. The summed E-state index contributed by atoms with van der Waals surface area (Å²) >= 11 is 0. The Hall–Kier alpha value is -4.97. The number of ketones is 1. The van der Waals surface area contributed by atoms with Crippen LogP contribution < -0.4 is 43.6 Å². The van der Waals surface area contributed by atoms with Gasteiger partial charge < -0.3 is 43.6 Å². The molecule has 1 atom stereocenters. The van der Waals surface area contributed by atoms with Crippen LogP contribution in [0.15, 0.2) is 42.5 Å². The van der Waals surface area contributed by atoms with Gasteiger partial charge in [-0.3, -0.25) is 4.79 Å². The number of methoxy groups -OCH3 is 4. The normalized spacial score (nSPS) is 11.6. The number of hydrogen-bond acceptors (Lipinski definition) is 12. The van der Waals surface area contributed by atoms with Crippen LogP contribution in [-0.2, 0) is 0 Å². The molecule has 12 nitrogen and oxygen atoms in total. The highest BCUT2D eigenvalue weighted by molar-refractivity contribution is 6.02. The molecule has 0 amide bonds. The molecule has 248 valence electrons. The zero-order chi connectivity index (χ0) is 34.2. The van der Waals surface area contributed by atoms with Gasteiger partial charge >= 0.3 is 11.9 Å². The topological polar surface area (TPSA) is 151 Å². The zero-order valence-corrected chi connectivity index (χ0v) is 27.6. The average Bonchev–Trinajstić information content (AvgIpc) is 3.04. The van der Waals surface area contributed by atoms with Gasteiger partial charge in [0.2, 0.25) is 11.5 Å². The van der Waals surface area contributed by atoms with Gasteiger partial charge in [-0.15, -0.1) is 0 Å². The lowest BCUT2D eigenvalue weighted by atomic mass is 9.83. The number of carbonyl (C=O) groups excluding carboxylic acids is 3. The van der Waals surface area contributed by atoms with Gasteiger partial charge in [0.15, 0.2) is 40.3 Å². The standard InChI is InChI=1S/C34H41NO11/c1-10-43-29-24(39-6)15-20(16-25(29)40-7)32(37)45-22-13-12-19(28(36)31(35)34(3,4)5)14-23(22)46-33(38)21-17-26(41-8)30(44-11-2)27(18-21)42-9/h12-18,31H,10-11,35H2,1-9H3. The van der Waals surface area contributed by atoms with Crippen molar-refractivity contribution in [2.45, 2.75) is 40.7 Å². The molecule has 0 spiro atoms. The van der Waals surface area contributed by atoms with E-state index in [1.165, 1.54) is 70.9 Å². The Morgan fingerprint density at radius 3 is 1.33 bits per heavy atom. The molecule has 0 aliphatic heterocycles. The lowest BCUT2D eigenvalue weighted by molar-refractivity contribution is 0.0681. The van der Waals surface area contributed by atoms with Gasteiger partial charge in [0.1, 0.15) is 0 Å². The van der Waals surface area contributed by atoms with Crippen LogP contribution in [0.4, 0.5) is 0 Å². The maximum atomic E-state index is 13.5. The first-order valence-electron chi connectivity index (χ1n) is 14.5. The molecule has 0 aliphatic rings. The van der Waals surface area contributed by atoms with Gasteiger partial charge in [-0.25, -0.2) is 9.59 Å². The summed E-state index contributed by atoms with van der Waals surface area (Å²) in [6.07, 6.45) is 0.